The van der Waals surface area contributed by atoms with Crippen LogP contribution in [0.3, 0.4) is 0 Å². The molecule has 0 aliphatic rings. The highest BCUT2D eigenvalue weighted by atomic mass is 127. The van der Waals surface area contributed by atoms with E-state index in [0.29, 0.717) is 12.3 Å². The van der Waals surface area contributed by atoms with Crippen molar-refractivity contribution in [3.05, 3.63) is 15.5 Å². The lowest BCUT2D eigenvalue weighted by Gasteiger charge is -1.94. The molecule has 0 radical (unpaired) electrons. The highest BCUT2D eigenvalue weighted by Crippen LogP contribution is 2.03. The monoisotopic (exact) mass is 266 g/mol. The second-order valence-electron chi connectivity index (χ2n) is 1.82. The molecular formula is C6H7IN2O2. The summed E-state index contributed by atoms with van der Waals surface area (Å²) in [7, 11) is 0. The van der Waals surface area contributed by atoms with Crippen LogP contribution >= 0.6 is 22.6 Å². The Morgan fingerprint density at radius 2 is 2.64 bits per heavy atom. The normalized spacial score (nSPS) is 9.64. The lowest BCUT2D eigenvalue weighted by atomic mass is 10.4. The van der Waals surface area contributed by atoms with Crippen molar-refractivity contribution in [2.75, 3.05) is 6.61 Å². The van der Waals surface area contributed by atoms with Crippen LogP contribution in [0.15, 0.2) is 6.07 Å². The fourth-order valence-corrected chi connectivity index (χ4v) is 1.02. The number of aromatic nitrogens is 2. The summed E-state index contributed by atoms with van der Waals surface area (Å²) in [4.78, 5) is 10.9. The molecule has 0 amide bonds. The summed E-state index contributed by atoms with van der Waals surface area (Å²) in [6.07, 6.45) is 0. The molecule has 0 saturated carbocycles. The van der Waals surface area contributed by atoms with Crippen molar-refractivity contribution in [3.8, 4) is 0 Å². The molecule has 0 fully saturated rings. The molecule has 0 aliphatic heterocycles. The first-order valence-corrected chi connectivity index (χ1v) is 4.20. The van der Waals surface area contributed by atoms with Gasteiger partial charge in [-0.25, -0.2) is 4.79 Å². The SMILES string of the molecule is CCOC(=O)c1cc(I)[nH]n1. The molecule has 1 aromatic rings. The number of H-pyrrole nitrogens is 1. The second-order valence-corrected chi connectivity index (χ2v) is 2.98. The molecule has 1 aromatic heterocycles. The molecule has 0 spiro atoms. The summed E-state index contributed by atoms with van der Waals surface area (Å²) < 4.78 is 5.54. The number of carbonyl (C=O) groups excluding carboxylic acids is 1. The van der Waals surface area contributed by atoms with E-state index >= 15 is 0 Å². The molecular weight excluding hydrogens is 259 g/mol. The van der Waals surface area contributed by atoms with Gasteiger partial charge in [0, 0.05) is 6.07 Å². The van der Waals surface area contributed by atoms with Crippen LogP contribution in [0.2, 0.25) is 0 Å². The molecule has 0 atom stereocenters. The zero-order valence-corrected chi connectivity index (χ0v) is 8.08. The van der Waals surface area contributed by atoms with Gasteiger partial charge < -0.3 is 4.74 Å². The molecule has 1 heterocycles. The van der Waals surface area contributed by atoms with E-state index < -0.39 is 0 Å². The van der Waals surface area contributed by atoms with E-state index in [1.54, 1.807) is 13.0 Å². The second kappa shape index (κ2) is 3.70. The van der Waals surface area contributed by atoms with Crippen LogP contribution in [0, 0.1) is 3.70 Å². The standard InChI is InChI=1S/C6H7IN2O2/c1-2-11-6(10)4-3-5(7)9-8-4/h3H,2H2,1H3,(H,8,9). The van der Waals surface area contributed by atoms with Crippen molar-refractivity contribution in [2.24, 2.45) is 0 Å². The summed E-state index contributed by atoms with van der Waals surface area (Å²) in [5.74, 6) is -0.383. The predicted octanol–water partition coefficient (Wildman–Crippen LogP) is 1.19. The number of hydrogen-bond donors (Lipinski definition) is 1. The quantitative estimate of drug-likeness (QED) is 0.646. The van der Waals surface area contributed by atoms with Crippen LogP contribution in [-0.2, 0) is 4.74 Å². The van der Waals surface area contributed by atoms with Gasteiger partial charge in [-0.2, -0.15) is 5.10 Å². The summed E-state index contributed by atoms with van der Waals surface area (Å²) in [6, 6.07) is 1.64. The predicted molar refractivity (Wildman–Crippen MR) is 47.3 cm³/mol. The summed E-state index contributed by atoms with van der Waals surface area (Å²) in [6.45, 7) is 2.14. The molecule has 0 aliphatic carbocycles. The minimum atomic E-state index is -0.383. The molecule has 0 bridgehead atoms. The summed E-state index contributed by atoms with van der Waals surface area (Å²) in [5.41, 5.74) is 0.330. The molecule has 5 heteroatoms. The Bertz CT molecular complexity index is 259. The van der Waals surface area contributed by atoms with Crippen LogP contribution in [0.4, 0.5) is 0 Å². The number of aromatic amines is 1. The highest BCUT2D eigenvalue weighted by Gasteiger charge is 2.09. The average molecular weight is 266 g/mol. The van der Waals surface area contributed by atoms with Gasteiger partial charge in [0.05, 0.1) is 10.3 Å². The van der Waals surface area contributed by atoms with E-state index in [1.165, 1.54) is 0 Å². The van der Waals surface area contributed by atoms with Crippen LogP contribution in [0.5, 0.6) is 0 Å². The third-order valence-corrected chi connectivity index (χ3v) is 1.58. The Hall–Kier alpha value is -0.590. The Labute approximate surface area is 77.5 Å². The Morgan fingerprint density at radius 3 is 3.09 bits per heavy atom. The van der Waals surface area contributed by atoms with Gasteiger partial charge in [-0.1, -0.05) is 0 Å². The van der Waals surface area contributed by atoms with Crippen LogP contribution in [0.1, 0.15) is 17.4 Å². The Kier molecular flexibility index (Phi) is 2.86. The molecule has 0 saturated heterocycles. The fraction of sp³-hybridized carbons (Fsp3) is 0.333. The van der Waals surface area contributed by atoms with Crippen molar-refractivity contribution in [3.63, 3.8) is 0 Å². The Balaban J connectivity index is 2.69. The number of nitrogens with one attached hydrogen (secondary N) is 1. The average Bonchev–Trinajstić information content (AvgIpc) is 2.36. The van der Waals surface area contributed by atoms with Gasteiger partial charge in [0.25, 0.3) is 0 Å². The van der Waals surface area contributed by atoms with Gasteiger partial charge in [-0.15, -0.1) is 0 Å². The van der Waals surface area contributed by atoms with E-state index in [0.717, 1.165) is 3.70 Å². The Morgan fingerprint density at radius 1 is 1.91 bits per heavy atom. The summed E-state index contributed by atoms with van der Waals surface area (Å²) in [5, 5.41) is 6.37. The third kappa shape index (κ3) is 2.18. The maximum atomic E-state index is 10.9. The van der Waals surface area contributed by atoms with E-state index in [2.05, 4.69) is 10.2 Å². The number of rotatable bonds is 2. The first-order chi connectivity index (χ1) is 5.24. The van der Waals surface area contributed by atoms with Gasteiger partial charge in [-0.3, -0.25) is 5.10 Å². The lowest BCUT2D eigenvalue weighted by molar-refractivity contribution is 0.0519. The zero-order valence-electron chi connectivity index (χ0n) is 5.93. The van der Waals surface area contributed by atoms with Crippen molar-refractivity contribution in [1.82, 2.24) is 10.2 Å². The number of hydrogen-bond acceptors (Lipinski definition) is 3. The molecule has 0 unspecified atom stereocenters. The van der Waals surface area contributed by atoms with Crippen molar-refractivity contribution < 1.29 is 9.53 Å². The number of ether oxygens (including phenoxy) is 1. The number of carbonyl (C=O) groups is 1. The molecule has 11 heavy (non-hydrogen) atoms. The number of halogens is 1. The van der Waals surface area contributed by atoms with Crippen molar-refractivity contribution in [1.29, 1.82) is 0 Å². The smallest absolute Gasteiger partial charge is 0.358 e. The maximum Gasteiger partial charge on any atom is 0.358 e. The van der Waals surface area contributed by atoms with E-state index in [1.807, 2.05) is 22.6 Å². The largest absolute Gasteiger partial charge is 0.461 e. The molecule has 1 N–H and O–H groups in total. The fourth-order valence-electron chi connectivity index (χ4n) is 0.608. The zero-order chi connectivity index (χ0) is 8.27. The van der Waals surface area contributed by atoms with Gasteiger partial charge in [0.2, 0.25) is 0 Å². The van der Waals surface area contributed by atoms with Crippen LogP contribution in [-0.4, -0.2) is 22.8 Å². The molecule has 0 aromatic carbocycles. The van der Waals surface area contributed by atoms with Gasteiger partial charge in [-0.05, 0) is 29.5 Å². The van der Waals surface area contributed by atoms with Gasteiger partial charge in [0.1, 0.15) is 0 Å². The van der Waals surface area contributed by atoms with Gasteiger partial charge in [0.15, 0.2) is 5.69 Å². The lowest BCUT2D eigenvalue weighted by Crippen LogP contribution is -2.04. The molecule has 1 rings (SSSR count). The first-order valence-electron chi connectivity index (χ1n) is 3.12. The summed E-state index contributed by atoms with van der Waals surface area (Å²) >= 11 is 2.04. The van der Waals surface area contributed by atoms with E-state index in [-0.39, 0.29) is 5.97 Å². The minimum Gasteiger partial charge on any atom is -0.461 e. The van der Waals surface area contributed by atoms with Crippen molar-refractivity contribution in [2.45, 2.75) is 6.92 Å². The minimum absolute atomic E-state index is 0.330. The highest BCUT2D eigenvalue weighted by molar-refractivity contribution is 14.1. The first kappa shape index (κ1) is 8.51. The third-order valence-electron chi connectivity index (χ3n) is 1.03. The molecule has 60 valence electrons. The van der Waals surface area contributed by atoms with Crippen LogP contribution in [0.25, 0.3) is 0 Å². The number of esters is 1. The van der Waals surface area contributed by atoms with Gasteiger partial charge >= 0.3 is 5.97 Å². The topological polar surface area (TPSA) is 55.0 Å². The number of nitrogens with zero attached hydrogens (tertiary/aromatic N) is 1. The van der Waals surface area contributed by atoms with E-state index in [4.69, 9.17) is 4.74 Å². The van der Waals surface area contributed by atoms with E-state index in [9.17, 15) is 4.79 Å². The molecule has 4 nitrogen and oxygen atoms in total. The van der Waals surface area contributed by atoms with Crippen LogP contribution < -0.4 is 0 Å². The van der Waals surface area contributed by atoms with Crippen molar-refractivity contribution >= 4 is 28.6 Å². The maximum absolute atomic E-state index is 10.9.